The van der Waals surface area contributed by atoms with E-state index in [0.29, 0.717) is 22.3 Å². The molecule has 76 valence electrons. The van der Waals surface area contributed by atoms with Crippen LogP contribution in [0.25, 0.3) is 6.08 Å². The fourth-order valence-corrected chi connectivity index (χ4v) is 1.42. The first-order valence-corrected chi connectivity index (χ1v) is 5.02. The lowest BCUT2D eigenvalue weighted by Gasteiger charge is -2.02. The Morgan fingerprint density at radius 3 is 2.57 bits per heavy atom. The van der Waals surface area contributed by atoms with Crippen LogP contribution in [0.1, 0.15) is 12.0 Å². The van der Waals surface area contributed by atoms with Crippen molar-refractivity contribution in [2.24, 2.45) is 5.73 Å². The number of benzene rings is 1. The Morgan fingerprint density at radius 1 is 1.21 bits per heavy atom. The molecule has 0 bridgehead atoms. The molecule has 1 aromatic rings. The molecule has 1 rings (SSSR count). The van der Waals surface area contributed by atoms with E-state index in [1.54, 1.807) is 12.1 Å². The second kappa shape index (κ2) is 5.25. The molecule has 0 unspecified atom stereocenters. The number of anilines is 1. The summed E-state index contributed by atoms with van der Waals surface area (Å²) in [6.45, 7) is 0.622. The number of hydrogen-bond acceptors (Lipinski definition) is 2. The molecule has 0 saturated carbocycles. The monoisotopic (exact) mass is 230 g/mol. The number of hydrogen-bond donors (Lipinski definition) is 2. The lowest BCUT2D eigenvalue weighted by atomic mass is 10.2. The van der Waals surface area contributed by atoms with Gasteiger partial charge in [0.15, 0.2) is 0 Å². The van der Waals surface area contributed by atoms with E-state index in [0.717, 1.165) is 12.0 Å². The Hall–Kier alpha value is -0.700. The third-order valence-electron chi connectivity index (χ3n) is 1.75. The Kier molecular flexibility index (Phi) is 4.26. The molecular weight excluding hydrogens is 219 g/mol. The first-order chi connectivity index (χ1) is 6.65. The largest absolute Gasteiger partial charge is 0.397 e. The lowest BCUT2D eigenvalue weighted by Crippen LogP contribution is -1.95. The Bertz CT molecular complexity index is 348. The quantitative estimate of drug-likeness (QED) is 0.785. The van der Waals surface area contributed by atoms with Crippen LogP contribution < -0.4 is 11.5 Å². The van der Waals surface area contributed by atoms with E-state index in [1.807, 2.05) is 12.2 Å². The van der Waals surface area contributed by atoms with E-state index in [9.17, 15) is 0 Å². The van der Waals surface area contributed by atoms with Crippen LogP contribution in [0.3, 0.4) is 0 Å². The molecule has 0 radical (unpaired) electrons. The van der Waals surface area contributed by atoms with Crippen molar-refractivity contribution in [1.29, 1.82) is 0 Å². The standard InChI is InChI=1S/C10H12Cl2N2/c11-8-6-10(14)9(12)5-7(8)3-1-2-4-13/h1,3,5-6H,2,4,13-14H2. The van der Waals surface area contributed by atoms with Crippen LogP contribution in [0, 0.1) is 0 Å². The minimum Gasteiger partial charge on any atom is -0.397 e. The van der Waals surface area contributed by atoms with E-state index < -0.39 is 0 Å². The fourth-order valence-electron chi connectivity index (χ4n) is 1.01. The first-order valence-electron chi connectivity index (χ1n) is 4.26. The van der Waals surface area contributed by atoms with Gasteiger partial charge in [-0.1, -0.05) is 35.4 Å². The maximum absolute atomic E-state index is 5.96. The molecule has 4 heteroatoms. The highest BCUT2D eigenvalue weighted by Crippen LogP contribution is 2.27. The van der Waals surface area contributed by atoms with E-state index in [-0.39, 0.29) is 0 Å². The highest BCUT2D eigenvalue weighted by molar-refractivity contribution is 6.36. The Balaban J connectivity index is 2.92. The second-order valence-corrected chi connectivity index (χ2v) is 3.69. The van der Waals surface area contributed by atoms with Crippen LogP contribution in [0.2, 0.25) is 10.0 Å². The van der Waals surface area contributed by atoms with Crippen molar-refractivity contribution >= 4 is 35.0 Å². The molecule has 0 heterocycles. The highest BCUT2D eigenvalue weighted by Gasteiger charge is 2.01. The van der Waals surface area contributed by atoms with Crippen LogP contribution >= 0.6 is 23.2 Å². The minimum atomic E-state index is 0.493. The average Bonchev–Trinajstić information content (AvgIpc) is 2.14. The zero-order valence-corrected chi connectivity index (χ0v) is 9.15. The topological polar surface area (TPSA) is 52.0 Å². The van der Waals surface area contributed by atoms with Gasteiger partial charge in [-0.25, -0.2) is 0 Å². The number of rotatable bonds is 3. The summed E-state index contributed by atoms with van der Waals surface area (Å²) in [4.78, 5) is 0. The molecule has 14 heavy (non-hydrogen) atoms. The van der Waals surface area contributed by atoms with Gasteiger partial charge in [-0.3, -0.25) is 0 Å². The van der Waals surface area contributed by atoms with Crippen molar-refractivity contribution in [3.05, 3.63) is 33.8 Å². The zero-order valence-electron chi connectivity index (χ0n) is 7.63. The molecule has 0 aromatic heterocycles. The SMILES string of the molecule is NCCC=Cc1cc(Cl)c(N)cc1Cl. The summed E-state index contributed by atoms with van der Waals surface area (Å²) in [6, 6.07) is 3.39. The van der Waals surface area contributed by atoms with Gasteiger partial charge in [0, 0.05) is 5.02 Å². The molecule has 0 aliphatic heterocycles. The highest BCUT2D eigenvalue weighted by atomic mass is 35.5. The van der Waals surface area contributed by atoms with E-state index in [1.165, 1.54) is 0 Å². The molecule has 2 nitrogen and oxygen atoms in total. The van der Waals surface area contributed by atoms with E-state index in [4.69, 9.17) is 34.7 Å². The normalized spacial score (nSPS) is 11.1. The maximum Gasteiger partial charge on any atom is 0.0642 e. The van der Waals surface area contributed by atoms with Gasteiger partial charge in [-0.15, -0.1) is 0 Å². The van der Waals surface area contributed by atoms with Crippen molar-refractivity contribution in [1.82, 2.24) is 0 Å². The summed E-state index contributed by atoms with van der Waals surface area (Å²) in [7, 11) is 0. The third kappa shape index (κ3) is 2.91. The van der Waals surface area contributed by atoms with Gasteiger partial charge in [-0.2, -0.15) is 0 Å². The van der Waals surface area contributed by atoms with Crippen molar-refractivity contribution in [3.63, 3.8) is 0 Å². The van der Waals surface area contributed by atoms with Crippen molar-refractivity contribution in [2.45, 2.75) is 6.42 Å². The van der Waals surface area contributed by atoms with Crippen LogP contribution in [-0.2, 0) is 0 Å². The van der Waals surface area contributed by atoms with Crippen LogP contribution in [-0.4, -0.2) is 6.54 Å². The first kappa shape index (κ1) is 11.4. The van der Waals surface area contributed by atoms with Gasteiger partial charge in [0.1, 0.15) is 0 Å². The molecular formula is C10H12Cl2N2. The minimum absolute atomic E-state index is 0.493. The second-order valence-electron chi connectivity index (χ2n) is 2.87. The summed E-state index contributed by atoms with van der Waals surface area (Å²) in [5, 5.41) is 1.11. The zero-order chi connectivity index (χ0) is 10.6. The third-order valence-corrected chi connectivity index (χ3v) is 2.40. The van der Waals surface area contributed by atoms with Crippen molar-refractivity contribution in [3.8, 4) is 0 Å². The average molecular weight is 231 g/mol. The van der Waals surface area contributed by atoms with Gasteiger partial charge >= 0.3 is 0 Å². The lowest BCUT2D eigenvalue weighted by molar-refractivity contribution is 1.01. The predicted octanol–water partition coefficient (Wildman–Crippen LogP) is 2.94. The van der Waals surface area contributed by atoms with Gasteiger partial charge < -0.3 is 11.5 Å². The molecule has 0 aliphatic carbocycles. The van der Waals surface area contributed by atoms with E-state index >= 15 is 0 Å². The Labute approximate surface area is 93.5 Å². The molecule has 0 fully saturated rings. The molecule has 0 atom stereocenters. The van der Waals surface area contributed by atoms with Crippen LogP contribution in [0.4, 0.5) is 5.69 Å². The predicted molar refractivity (Wildman–Crippen MR) is 63.6 cm³/mol. The molecule has 0 spiro atoms. The summed E-state index contributed by atoms with van der Waals surface area (Å²) >= 11 is 11.8. The van der Waals surface area contributed by atoms with Gasteiger partial charge in [-0.05, 0) is 30.7 Å². The summed E-state index contributed by atoms with van der Waals surface area (Å²) in [5.41, 5.74) is 12.3. The van der Waals surface area contributed by atoms with Gasteiger partial charge in [0.2, 0.25) is 0 Å². The van der Waals surface area contributed by atoms with Crippen molar-refractivity contribution < 1.29 is 0 Å². The Morgan fingerprint density at radius 2 is 1.93 bits per heavy atom. The number of nitrogen functional groups attached to an aromatic ring is 1. The molecule has 0 amide bonds. The molecule has 1 aromatic carbocycles. The smallest absolute Gasteiger partial charge is 0.0642 e. The molecule has 0 saturated heterocycles. The van der Waals surface area contributed by atoms with E-state index in [2.05, 4.69) is 0 Å². The fraction of sp³-hybridized carbons (Fsp3) is 0.200. The van der Waals surface area contributed by atoms with Gasteiger partial charge in [0.25, 0.3) is 0 Å². The van der Waals surface area contributed by atoms with Crippen LogP contribution in [0.5, 0.6) is 0 Å². The summed E-state index contributed by atoms with van der Waals surface area (Å²) < 4.78 is 0. The molecule has 0 aliphatic rings. The summed E-state index contributed by atoms with van der Waals surface area (Å²) in [5.74, 6) is 0. The van der Waals surface area contributed by atoms with Gasteiger partial charge in [0.05, 0.1) is 10.7 Å². The van der Waals surface area contributed by atoms with Crippen LogP contribution in [0.15, 0.2) is 18.2 Å². The molecule has 4 N–H and O–H groups in total. The van der Waals surface area contributed by atoms with Crippen molar-refractivity contribution in [2.75, 3.05) is 12.3 Å². The maximum atomic E-state index is 5.96. The number of halogens is 2. The summed E-state index contributed by atoms with van der Waals surface area (Å²) in [6.07, 6.45) is 4.66. The number of nitrogens with two attached hydrogens (primary N) is 2.